The third-order valence-corrected chi connectivity index (χ3v) is 3.14. The lowest BCUT2D eigenvalue weighted by Gasteiger charge is -2.07. The van der Waals surface area contributed by atoms with Crippen molar-refractivity contribution in [3.63, 3.8) is 0 Å². The van der Waals surface area contributed by atoms with Crippen molar-refractivity contribution in [1.29, 1.82) is 0 Å². The lowest BCUT2D eigenvalue weighted by atomic mass is 10.3. The number of pyridine rings is 1. The monoisotopic (exact) mass is 261 g/mol. The molecule has 0 aliphatic heterocycles. The number of rotatable bonds is 0. The average molecular weight is 261 g/mol. The largest absolute Gasteiger partial charge is 0.332 e. The van der Waals surface area contributed by atoms with Crippen LogP contribution < -0.4 is 16.7 Å². The Morgan fingerprint density at radius 2 is 1.84 bits per heavy atom. The smallest absolute Gasteiger partial charge is 0.289 e. The molecule has 0 unspecified atom stereocenters. The summed E-state index contributed by atoms with van der Waals surface area (Å²) >= 11 is 0. The number of nitrogens with one attached hydrogen (secondary N) is 1. The number of aryl methyl sites for hydroxylation is 2. The second-order valence-electron chi connectivity index (χ2n) is 4.42. The Balaban J connectivity index is 2.85. The molecule has 0 amide bonds. The SMILES string of the molecule is Cc1nc2cc(=O)c3c(=O)n(C)c(=O)n(C)c3n2[nH]1. The average Bonchev–Trinajstić information content (AvgIpc) is 2.72. The first-order valence-corrected chi connectivity index (χ1v) is 5.60. The zero-order valence-corrected chi connectivity index (χ0v) is 10.6. The first-order valence-electron chi connectivity index (χ1n) is 5.60. The van der Waals surface area contributed by atoms with Gasteiger partial charge in [0.2, 0.25) is 0 Å². The van der Waals surface area contributed by atoms with E-state index in [1.54, 1.807) is 6.92 Å². The highest BCUT2D eigenvalue weighted by Crippen LogP contribution is 2.06. The highest BCUT2D eigenvalue weighted by molar-refractivity contribution is 5.77. The lowest BCUT2D eigenvalue weighted by molar-refractivity contribution is 0.697. The van der Waals surface area contributed by atoms with Gasteiger partial charge >= 0.3 is 5.69 Å². The van der Waals surface area contributed by atoms with Gasteiger partial charge in [-0.3, -0.25) is 23.8 Å². The summed E-state index contributed by atoms with van der Waals surface area (Å²) in [7, 11) is 2.85. The minimum Gasteiger partial charge on any atom is -0.289 e. The summed E-state index contributed by atoms with van der Waals surface area (Å²) in [6.07, 6.45) is 0. The number of hydrogen-bond acceptors (Lipinski definition) is 4. The van der Waals surface area contributed by atoms with E-state index >= 15 is 0 Å². The molecule has 0 spiro atoms. The Labute approximate surface area is 105 Å². The fourth-order valence-corrected chi connectivity index (χ4v) is 2.22. The maximum atomic E-state index is 12.1. The molecule has 8 heteroatoms. The number of nitrogens with zero attached hydrogens (tertiary/aromatic N) is 4. The summed E-state index contributed by atoms with van der Waals surface area (Å²) in [6, 6.07) is 1.28. The van der Waals surface area contributed by atoms with Gasteiger partial charge < -0.3 is 0 Å². The predicted molar refractivity (Wildman–Crippen MR) is 68.5 cm³/mol. The van der Waals surface area contributed by atoms with E-state index in [9.17, 15) is 14.4 Å². The predicted octanol–water partition coefficient (Wildman–Crippen LogP) is -1.12. The van der Waals surface area contributed by atoms with Crippen LogP contribution in [0.15, 0.2) is 20.4 Å². The minimum absolute atomic E-state index is 0.0363. The van der Waals surface area contributed by atoms with E-state index in [-0.39, 0.29) is 11.0 Å². The number of H-pyrrole nitrogens is 1. The zero-order chi connectivity index (χ0) is 13.9. The van der Waals surface area contributed by atoms with Crippen molar-refractivity contribution in [2.45, 2.75) is 6.92 Å². The van der Waals surface area contributed by atoms with Crippen LogP contribution in [0.3, 0.4) is 0 Å². The summed E-state index contributed by atoms with van der Waals surface area (Å²) in [6.45, 7) is 1.72. The molecular formula is C11H11N5O3. The molecule has 3 aromatic rings. The second-order valence-corrected chi connectivity index (χ2v) is 4.42. The number of aromatic nitrogens is 5. The van der Waals surface area contributed by atoms with E-state index in [4.69, 9.17) is 0 Å². The molecule has 0 saturated heterocycles. The summed E-state index contributed by atoms with van der Waals surface area (Å²) in [5.41, 5.74) is -0.957. The van der Waals surface area contributed by atoms with Crippen molar-refractivity contribution < 1.29 is 0 Å². The van der Waals surface area contributed by atoms with E-state index in [0.29, 0.717) is 11.5 Å². The molecule has 0 atom stereocenters. The quantitative estimate of drug-likeness (QED) is 0.554. The van der Waals surface area contributed by atoms with Crippen molar-refractivity contribution in [3.8, 4) is 0 Å². The molecule has 0 bridgehead atoms. The van der Waals surface area contributed by atoms with E-state index in [0.717, 1.165) is 4.57 Å². The standard InChI is InChI=1S/C11H11N5O3/c1-5-12-7-4-6(17)8-9(16(7)13-5)14(2)11(19)15(3)10(8)18/h4H,1-3H3,(H,12,13). The van der Waals surface area contributed by atoms with Gasteiger partial charge in [0.1, 0.15) is 11.2 Å². The molecule has 0 aliphatic carbocycles. The maximum absolute atomic E-state index is 12.1. The van der Waals surface area contributed by atoms with Crippen molar-refractivity contribution >= 4 is 16.7 Å². The van der Waals surface area contributed by atoms with Crippen LogP contribution in [0.25, 0.3) is 16.7 Å². The highest BCUT2D eigenvalue weighted by atomic mass is 16.2. The summed E-state index contributed by atoms with van der Waals surface area (Å²) in [4.78, 5) is 40.2. The van der Waals surface area contributed by atoms with Gasteiger partial charge in [-0.05, 0) is 6.92 Å². The van der Waals surface area contributed by atoms with Crippen molar-refractivity contribution in [2.24, 2.45) is 14.1 Å². The Bertz CT molecular complexity index is 1000. The van der Waals surface area contributed by atoms with E-state index < -0.39 is 16.7 Å². The molecular weight excluding hydrogens is 250 g/mol. The molecule has 0 saturated carbocycles. The van der Waals surface area contributed by atoms with Crippen molar-refractivity contribution in [1.82, 2.24) is 23.7 Å². The fraction of sp³-hybridized carbons (Fsp3) is 0.273. The van der Waals surface area contributed by atoms with Crippen LogP contribution in [0.1, 0.15) is 5.82 Å². The van der Waals surface area contributed by atoms with Crippen LogP contribution in [0.2, 0.25) is 0 Å². The van der Waals surface area contributed by atoms with E-state index in [2.05, 4.69) is 10.1 Å². The zero-order valence-electron chi connectivity index (χ0n) is 10.6. The number of aromatic amines is 1. The maximum Gasteiger partial charge on any atom is 0.332 e. The van der Waals surface area contributed by atoms with Crippen molar-refractivity contribution in [2.75, 3.05) is 0 Å². The number of fused-ring (bicyclic) bond motifs is 3. The summed E-state index contributed by atoms with van der Waals surface area (Å²) in [5.74, 6) is 0.583. The molecule has 3 rings (SSSR count). The lowest BCUT2D eigenvalue weighted by Crippen LogP contribution is -2.39. The third-order valence-electron chi connectivity index (χ3n) is 3.14. The normalized spacial score (nSPS) is 11.5. The minimum atomic E-state index is -0.607. The highest BCUT2D eigenvalue weighted by Gasteiger charge is 2.16. The van der Waals surface area contributed by atoms with Gasteiger partial charge in [-0.25, -0.2) is 14.3 Å². The second kappa shape index (κ2) is 3.44. The van der Waals surface area contributed by atoms with Crippen LogP contribution in [0.4, 0.5) is 0 Å². The van der Waals surface area contributed by atoms with Crippen LogP contribution in [-0.2, 0) is 14.1 Å². The molecule has 0 aromatic carbocycles. The Kier molecular flexibility index (Phi) is 2.07. The Morgan fingerprint density at radius 3 is 2.53 bits per heavy atom. The van der Waals surface area contributed by atoms with E-state index in [1.165, 1.54) is 29.2 Å². The van der Waals surface area contributed by atoms with Crippen LogP contribution in [0, 0.1) is 6.92 Å². The fourth-order valence-electron chi connectivity index (χ4n) is 2.22. The van der Waals surface area contributed by atoms with Gasteiger partial charge in [-0.2, -0.15) is 0 Å². The molecule has 19 heavy (non-hydrogen) atoms. The Hall–Kier alpha value is -2.64. The van der Waals surface area contributed by atoms with Gasteiger partial charge in [-0.15, -0.1) is 0 Å². The summed E-state index contributed by atoms with van der Waals surface area (Å²) in [5, 5.41) is 2.87. The first kappa shape index (κ1) is 11.5. The third kappa shape index (κ3) is 1.33. The van der Waals surface area contributed by atoms with Crippen LogP contribution in [0.5, 0.6) is 0 Å². The van der Waals surface area contributed by atoms with Crippen LogP contribution >= 0.6 is 0 Å². The van der Waals surface area contributed by atoms with Gasteiger partial charge in [0.05, 0.1) is 0 Å². The molecule has 3 heterocycles. The molecule has 3 aromatic heterocycles. The Morgan fingerprint density at radius 1 is 1.16 bits per heavy atom. The van der Waals surface area contributed by atoms with Gasteiger partial charge in [-0.1, -0.05) is 0 Å². The molecule has 8 nitrogen and oxygen atoms in total. The molecule has 0 radical (unpaired) electrons. The molecule has 0 fully saturated rings. The summed E-state index contributed by atoms with van der Waals surface area (Å²) < 4.78 is 3.64. The van der Waals surface area contributed by atoms with Gasteiger partial charge in [0.15, 0.2) is 16.7 Å². The number of hydrogen-bond donors (Lipinski definition) is 1. The molecule has 98 valence electrons. The van der Waals surface area contributed by atoms with Crippen molar-refractivity contribution in [3.05, 3.63) is 43.0 Å². The molecule has 0 aliphatic rings. The topological polar surface area (TPSA) is 94.2 Å². The van der Waals surface area contributed by atoms with Gasteiger partial charge in [0, 0.05) is 20.2 Å². The van der Waals surface area contributed by atoms with E-state index in [1.807, 2.05) is 0 Å². The van der Waals surface area contributed by atoms with Crippen LogP contribution in [-0.4, -0.2) is 23.7 Å². The van der Waals surface area contributed by atoms with Gasteiger partial charge in [0.25, 0.3) is 5.56 Å². The first-order chi connectivity index (χ1) is 8.91. The molecule has 1 N–H and O–H groups in total.